The summed E-state index contributed by atoms with van der Waals surface area (Å²) in [5.74, 6) is -1.44. The van der Waals surface area contributed by atoms with Crippen molar-refractivity contribution in [3.63, 3.8) is 0 Å². The number of sulfone groups is 1. The van der Waals surface area contributed by atoms with Gasteiger partial charge in [-0.25, -0.2) is 8.42 Å². The van der Waals surface area contributed by atoms with Gasteiger partial charge in [-0.3, -0.25) is 24.6 Å². The Labute approximate surface area is 188 Å². The van der Waals surface area contributed by atoms with E-state index in [1.807, 2.05) is 6.07 Å². The van der Waals surface area contributed by atoms with Crippen LogP contribution in [-0.2, 0) is 19.4 Å². The maximum absolute atomic E-state index is 13.2. The van der Waals surface area contributed by atoms with E-state index in [9.17, 15) is 33.4 Å². The Morgan fingerprint density at radius 2 is 2.00 bits per heavy atom. The second-order valence-electron chi connectivity index (χ2n) is 7.72. The lowest BCUT2D eigenvalue weighted by Gasteiger charge is -2.31. The lowest BCUT2D eigenvalue weighted by Crippen LogP contribution is -2.49. The van der Waals surface area contributed by atoms with E-state index in [0.29, 0.717) is 11.3 Å². The Morgan fingerprint density at radius 1 is 1.24 bits per heavy atom. The van der Waals surface area contributed by atoms with Gasteiger partial charge < -0.3 is 4.42 Å². The first-order valence-corrected chi connectivity index (χ1v) is 11.7. The second-order valence-corrected chi connectivity index (χ2v) is 9.95. The van der Waals surface area contributed by atoms with Gasteiger partial charge in [0.05, 0.1) is 22.5 Å². The molecule has 0 aliphatic carbocycles. The van der Waals surface area contributed by atoms with Crippen molar-refractivity contribution in [2.75, 3.05) is 11.5 Å². The smallest absolute Gasteiger partial charge is 0.271 e. The number of carbonyl (C=O) groups is 2. The molecule has 0 N–H and O–H groups in total. The zero-order chi connectivity index (χ0) is 23.9. The minimum absolute atomic E-state index is 0.0374. The maximum Gasteiger partial charge on any atom is 0.271 e. The molecule has 2 amide bonds. The summed E-state index contributed by atoms with van der Waals surface area (Å²) in [4.78, 5) is 37.3. The highest BCUT2D eigenvalue weighted by Gasteiger charge is 2.43. The Hall–Kier alpha value is -4.04. The molecular formula is C22H17N3O7S. The number of furan rings is 1. The number of carbonyl (C=O) groups excluding carboxylic acids is 2. The summed E-state index contributed by atoms with van der Waals surface area (Å²) in [5, 5.41) is 20.5. The number of nitro benzene ring substituents is 1. The van der Waals surface area contributed by atoms with E-state index < -0.39 is 32.6 Å². The standard InChI is InChI=1S/C22H17N3O7S/c1-13-18(10-17-5-6-20(32-17)14-3-2-4-15(9-14)25(28)29)21(26)24(22(27)19(13)11-23)16-7-8-33(30,31)12-16/h2-6,9-10,16H,7-8,12H2,1H3/b18-10+/t16-/m0/s1. The van der Waals surface area contributed by atoms with Crippen LogP contribution in [0.2, 0.25) is 0 Å². The van der Waals surface area contributed by atoms with E-state index in [4.69, 9.17) is 4.42 Å². The number of benzene rings is 1. The Balaban J connectivity index is 1.73. The van der Waals surface area contributed by atoms with E-state index in [1.54, 1.807) is 18.2 Å². The highest BCUT2D eigenvalue weighted by atomic mass is 32.2. The number of nitrogens with zero attached hydrogens (tertiary/aromatic N) is 3. The first kappa shape index (κ1) is 22.2. The van der Waals surface area contributed by atoms with E-state index in [2.05, 4.69) is 0 Å². The minimum Gasteiger partial charge on any atom is -0.457 e. The number of nitro groups is 1. The molecule has 0 unspecified atom stereocenters. The molecule has 4 rings (SSSR count). The molecule has 11 heteroatoms. The third kappa shape index (κ3) is 4.08. The zero-order valence-corrected chi connectivity index (χ0v) is 18.2. The van der Waals surface area contributed by atoms with Crippen molar-refractivity contribution in [2.45, 2.75) is 19.4 Å². The summed E-state index contributed by atoms with van der Waals surface area (Å²) < 4.78 is 29.5. The van der Waals surface area contributed by atoms with E-state index >= 15 is 0 Å². The van der Waals surface area contributed by atoms with Gasteiger partial charge in [0, 0.05) is 23.3 Å². The summed E-state index contributed by atoms with van der Waals surface area (Å²) in [6.45, 7) is 1.47. The molecule has 10 nitrogen and oxygen atoms in total. The van der Waals surface area contributed by atoms with E-state index in [1.165, 1.54) is 31.2 Å². The van der Waals surface area contributed by atoms with Crippen LogP contribution in [0.1, 0.15) is 19.1 Å². The number of hydrogen-bond donors (Lipinski definition) is 0. The largest absolute Gasteiger partial charge is 0.457 e. The molecule has 2 aromatic rings. The average molecular weight is 467 g/mol. The monoisotopic (exact) mass is 467 g/mol. The molecule has 3 heterocycles. The van der Waals surface area contributed by atoms with Crippen molar-refractivity contribution in [3.05, 3.63) is 69.0 Å². The minimum atomic E-state index is -3.37. The van der Waals surface area contributed by atoms with Gasteiger partial charge in [0.1, 0.15) is 23.2 Å². The van der Waals surface area contributed by atoms with Crippen LogP contribution in [0.15, 0.2) is 57.5 Å². The Morgan fingerprint density at radius 3 is 2.64 bits per heavy atom. The molecule has 1 aromatic carbocycles. The lowest BCUT2D eigenvalue weighted by molar-refractivity contribution is -0.384. The normalized spacial score (nSPS) is 21.5. The van der Waals surface area contributed by atoms with Crippen molar-refractivity contribution in [3.8, 4) is 17.4 Å². The van der Waals surface area contributed by atoms with Crippen molar-refractivity contribution < 1.29 is 27.3 Å². The third-order valence-electron chi connectivity index (χ3n) is 5.60. The quantitative estimate of drug-likeness (QED) is 0.288. The van der Waals surface area contributed by atoms with Gasteiger partial charge in [0.2, 0.25) is 0 Å². The predicted molar refractivity (Wildman–Crippen MR) is 116 cm³/mol. The Kier molecular flexibility index (Phi) is 5.47. The molecular weight excluding hydrogens is 450 g/mol. The summed E-state index contributed by atoms with van der Waals surface area (Å²) in [6, 6.07) is 9.95. The van der Waals surface area contributed by atoms with Crippen LogP contribution in [-0.4, -0.2) is 47.6 Å². The van der Waals surface area contributed by atoms with Crippen molar-refractivity contribution >= 4 is 33.4 Å². The summed E-state index contributed by atoms with van der Waals surface area (Å²) in [6.07, 6.45) is 1.49. The lowest BCUT2D eigenvalue weighted by atomic mass is 9.93. The number of amides is 2. The molecule has 1 atom stereocenters. The van der Waals surface area contributed by atoms with Gasteiger partial charge >= 0.3 is 0 Å². The highest BCUT2D eigenvalue weighted by Crippen LogP contribution is 2.32. The van der Waals surface area contributed by atoms with E-state index in [-0.39, 0.29) is 46.1 Å². The molecule has 0 radical (unpaired) electrons. The van der Waals surface area contributed by atoms with Gasteiger partial charge in [-0.1, -0.05) is 12.1 Å². The molecule has 0 bridgehead atoms. The van der Waals surface area contributed by atoms with Crippen molar-refractivity contribution in [2.24, 2.45) is 0 Å². The first-order valence-electron chi connectivity index (χ1n) is 9.87. The Bertz CT molecular complexity index is 1410. The van der Waals surface area contributed by atoms with Crippen LogP contribution in [0.4, 0.5) is 5.69 Å². The van der Waals surface area contributed by atoms with E-state index in [0.717, 1.165) is 4.90 Å². The molecule has 2 aliphatic heterocycles. The summed E-state index contributed by atoms with van der Waals surface area (Å²) in [5.41, 5.74) is 0.315. The summed E-state index contributed by atoms with van der Waals surface area (Å²) in [7, 11) is -3.37. The molecule has 168 valence electrons. The van der Waals surface area contributed by atoms with Gasteiger partial charge in [0.15, 0.2) is 9.84 Å². The number of nitriles is 1. The molecule has 0 saturated carbocycles. The van der Waals surface area contributed by atoms with Crippen LogP contribution in [0, 0.1) is 21.4 Å². The fraction of sp³-hybridized carbons (Fsp3) is 0.227. The van der Waals surface area contributed by atoms with Gasteiger partial charge in [0.25, 0.3) is 17.5 Å². The topological polar surface area (TPSA) is 152 Å². The van der Waals surface area contributed by atoms with Crippen molar-refractivity contribution in [1.82, 2.24) is 4.90 Å². The first-order chi connectivity index (χ1) is 15.6. The zero-order valence-electron chi connectivity index (χ0n) is 17.3. The molecule has 0 spiro atoms. The summed E-state index contributed by atoms with van der Waals surface area (Å²) >= 11 is 0. The van der Waals surface area contributed by atoms with Crippen LogP contribution in [0.25, 0.3) is 17.4 Å². The molecule has 1 aromatic heterocycles. The van der Waals surface area contributed by atoms with Gasteiger partial charge in [-0.2, -0.15) is 5.26 Å². The fourth-order valence-corrected chi connectivity index (χ4v) is 5.61. The van der Waals surface area contributed by atoms with Crippen LogP contribution in [0.5, 0.6) is 0 Å². The molecule has 2 aliphatic rings. The average Bonchev–Trinajstić information content (AvgIpc) is 3.38. The number of imide groups is 1. The number of rotatable bonds is 4. The fourth-order valence-electron chi connectivity index (χ4n) is 3.91. The van der Waals surface area contributed by atoms with Gasteiger partial charge in [-0.15, -0.1) is 0 Å². The van der Waals surface area contributed by atoms with Crippen LogP contribution >= 0.6 is 0 Å². The molecule has 33 heavy (non-hydrogen) atoms. The molecule has 1 fully saturated rings. The van der Waals surface area contributed by atoms with Crippen molar-refractivity contribution in [1.29, 1.82) is 5.26 Å². The van der Waals surface area contributed by atoms with Gasteiger partial charge in [-0.05, 0) is 37.1 Å². The molecule has 1 saturated heterocycles. The second kappa shape index (κ2) is 8.14. The number of hydrogen-bond acceptors (Lipinski definition) is 8. The van der Waals surface area contributed by atoms with Crippen LogP contribution < -0.4 is 0 Å². The van der Waals surface area contributed by atoms with Crippen LogP contribution in [0.3, 0.4) is 0 Å². The predicted octanol–water partition coefficient (Wildman–Crippen LogP) is 2.63. The third-order valence-corrected chi connectivity index (χ3v) is 7.35. The number of non-ortho nitro benzene ring substituents is 1. The highest BCUT2D eigenvalue weighted by molar-refractivity contribution is 7.91. The maximum atomic E-state index is 13.2. The SMILES string of the molecule is CC1=C(C#N)C(=O)N([C@H]2CCS(=O)(=O)C2)C(=O)/C1=C/c1ccc(-c2cccc([N+](=O)[O-])c2)o1.